The molecule has 1 aliphatic heterocycles. The molecule has 1 aliphatic rings. The van der Waals surface area contributed by atoms with Crippen molar-refractivity contribution in [2.75, 3.05) is 13.6 Å². The van der Waals surface area contributed by atoms with Crippen molar-refractivity contribution < 1.29 is 17.5 Å². The van der Waals surface area contributed by atoms with Gasteiger partial charge in [0.25, 0.3) is 0 Å². The predicted octanol–water partition coefficient (Wildman–Crippen LogP) is 0.808. The van der Waals surface area contributed by atoms with Gasteiger partial charge in [0.15, 0.2) is 0 Å². The van der Waals surface area contributed by atoms with Crippen molar-refractivity contribution in [3.05, 3.63) is 11.9 Å². The fourth-order valence-electron chi connectivity index (χ4n) is 1.31. The molecule has 1 rings (SSSR count). The van der Waals surface area contributed by atoms with Crippen molar-refractivity contribution in [1.29, 1.82) is 0 Å². The fourth-order valence-corrected chi connectivity index (χ4v) is 1.31. The molecule has 0 aromatic heterocycles. The lowest BCUT2D eigenvalue weighted by atomic mass is 10.4. The number of hydrogen-bond acceptors (Lipinski definition) is 4. The topological polar surface area (TPSA) is 81.1 Å². The van der Waals surface area contributed by atoms with Gasteiger partial charge in [-0.2, -0.15) is 8.42 Å². The zero-order valence-corrected chi connectivity index (χ0v) is 10.2. The van der Waals surface area contributed by atoms with Crippen molar-refractivity contribution in [2.24, 2.45) is 0 Å². The standard InChI is InChI=1S/C8H16N2.H2O4S/c1-5-10-6-7(2)9(4)8(10)3;1-5(2,3)4/h6,8H,5H2,1-4H3;(H2,1,2,3,4). The third kappa shape index (κ3) is 5.60. The lowest BCUT2D eigenvalue weighted by Crippen LogP contribution is -2.34. The van der Waals surface area contributed by atoms with E-state index < -0.39 is 10.4 Å². The van der Waals surface area contributed by atoms with Gasteiger partial charge >= 0.3 is 10.4 Å². The Morgan fingerprint density at radius 1 is 1.47 bits per heavy atom. The van der Waals surface area contributed by atoms with E-state index in [9.17, 15) is 0 Å². The zero-order chi connectivity index (χ0) is 12.2. The van der Waals surface area contributed by atoms with Gasteiger partial charge in [0.1, 0.15) is 0 Å². The molecule has 0 aromatic rings. The summed E-state index contributed by atoms with van der Waals surface area (Å²) in [7, 11) is -2.54. The van der Waals surface area contributed by atoms with Crippen molar-refractivity contribution in [2.45, 2.75) is 26.9 Å². The Morgan fingerprint density at radius 2 is 1.87 bits per heavy atom. The Hall–Kier alpha value is -0.790. The third-order valence-electron chi connectivity index (χ3n) is 2.31. The molecule has 7 heteroatoms. The Balaban J connectivity index is 0.000000336. The quantitative estimate of drug-likeness (QED) is 0.658. The van der Waals surface area contributed by atoms with Crippen LogP contribution in [0.2, 0.25) is 0 Å². The molecule has 0 bridgehead atoms. The highest BCUT2D eigenvalue weighted by Gasteiger charge is 2.20. The second kappa shape index (κ2) is 5.34. The maximum Gasteiger partial charge on any atom is 0.394 e. The van der Waals surface area contributed by atoms with Crippen LogP contribution in [-0.2, 0) is 10.4 Å². The average molecular weight is 238 g/mol. The Bertz CT molecular complexity index is 318. The summed E-state index contributed by atoms with van der Waals surface area (Å²) >= 11 is 0. The molecule has 0 fully saturated rings. The van der Waals surface area contributed by atoms with Crippen molar-refractivity contribution in [3.63, 3.8) is 0 Å². The SMILES string of the molecule is CCN1C=C(C)N(C)C1C.O=S(=O)(O)O. The first-order chi connectivity index (χ1) is 6.66. The molecular weight excluding hydrogens is 220 g/mol. The molecule has 1 unspecified atom stereocenters. The number of rotatable bonds is 1. The highest BCUT2D eigenvalue weighted by atomic mass is 32.3. The second-order valence-electron chi connectivity index (χ2n) is 3.29. The van der Waals surface area contributed by atoms with E-state index in [1.54, 1.807) is 0 Å². The van der Waals surface area contributed by atoms with Gasteiger partial charge in [-0.05, 0) is 20.8 Å². The second-order valence-corrected chi connectivity index (χ2v) is 4.19. The summed E-state index contributed by atoms with van der Waals surface area (Å²) in [6, 6.07) is 0. The van der Waals surface area contributed by atoms with Gasteiger partial charge in [0.05, 0.1) is 6.17 Å². The monoisotopic (exact) mass is 238 g/mol. The zero-order valence-electron chi connectivity index (χ0n) is 9.38. The van der Waals surface area contributed by atoms with Gasteiger partial charge in [-0.25, -0.2) is 0 Å². The van der Waals surface area contributed by atoms with Crippen LogP contribution < -0.4 is 0 Å². The predicted molar refractivity (Wildman–Crippen MR) is 57.5 cm³/mol. The van der Waals surface area contributed by atoms with Gasteiger partial charge in [-0.1, -0.05) is 0 Å². The van der Waals surface area contributed by atoms with E-state index in [1.165, 1.54) is 5.70 Å². The fraction of sp³-hybridized carbons (Fsp3) is 0.750. The molecule has 0 aromatic carbocycles. The molecule has 15 heavy (non-hydrogen) atoms. The molecule has 0 saturated carbocycles. The van der Waals surface area contributed by atoms with Gasteiger partial charge in [0.2, 0.25) is 0 Å². The molecule has 0 saturated heterocycles. The van der Waals surface area contributed by atoms with Gasteiger partial charge in [-0.15, -0.1) is 0 Å². The van der Waals surface area contributed by atoms with Crippen LogP contribution in [0, 0.1) is 0 Å². The lowest BCUT2D eigenvalue weighted by Gasteiger charge is -2.26. The van der Waals surface area contributed by atoms with Crippen LogP contribution in [-0.4, -0.2) is 47.1 Å². The minimum absolute atomic E-state index is 0.546. The molecular formula is C8H18N2O4S. The lowest BCUT2D eigenvalue weighted by molar-refractivity contribution is 0.195. The molecule has 90 valence electrons. The van der Waals surface area contributed by atoms with E-state index >= 15 is 0 Å². The van der Waals surface area contributed by atoms with Crippen LogP contribution in [0.3, 0.4) is 0 Å². The van der Waals surface area contributed by atoms with E-state index in [4.69, 9.17) is 17.5 Å². The first-order valence-corrected chi connectivity index (χ1v) is 5.93. The molecule has 0 spiro atoms. The van der Waals surface area contributed by atoms with Crippen LogP contribution in [0.15, 0.2) is 11.9 Å². The smallest absolute Gasteiger partial charge is 0.357 e. The van der Waals surface area contributed by atoms with E-state index in [0.29, 0.717) is 6.17 Å². The first-order valence-electron chi connectivity index (χ1n) is 4.53. The molecule has 0 amide bonds. The van der Waals surface area contributed by atoms with Crippen molar-refractivity contribution in [3.8, 4) is 0 Å². The number of nitrogens with zero attached hydrogens (tertiary/aromatic N) is 2. The van der Waals surface area contributed by atoms with Gasteiger partial charge < -0.3 is 9.80 Å². The summed E-state index contributed by atoms with van der Waals surface area (Å²) in [6.45, 7) is 7.64. The summed E-state index contributed by atoms with van der Waals surface area (Å²) in [5.41, 5.74) is 1.36. The van der Waals surface area contributed by atoms with Gasteiger partial charge in [0, 0.05) is 25.5 Å². The van der Waals surface area contributed by atoms with E-state index in [1.807, 2.05) is 0 Å². The minimum Gasteiger partial charge on any atom is -0.357 e. The van der Waals surface area contributed by atoms with E-state index in [-0.39, 0.29) is 0 Å². The van der Waals surface area contributed by atoms with Gasteiger partial charge in [-0.3, -0.25) is 9.11 Å². The summed E-state index contributed by atoms with van der Waals surface area (Å²) in [5, 5.41) is 0. The summed E-state index contributed by atoms with van der Waals surface area (Å²) in [5.74, 6) is 0. The van der Waals surface area contributed by atoms with Crippen LogP contribution in [0.5, 0.6) is 0 Å². The Labute approximate surface area is 90.8 Å². The normalized spacial score (nSPS) is 20.9. The largest absolute Gasteiger partial charge is 0.394 e. The van der Waals surface area contributed by atoms with E-state index in [2.05, 4.69) is 43.8 Å². The van der Waals surface area contributed by atoms with Crippen LogP contribution in [0.1, 0.15) is 20.8 Å². The minimum atomic E-state index is -4.67. The maximum atomic E-state index is 8.74. The van der Waals surface area contributed by atoms with Crippen LogP contribution in [0.25, 0.3) is 0 Å². The highest BCUT2D eigenvalue weighted by molar-refractivity contribution is 7.79. The maximum absolute atomic E-state index is 8.74. The molecule has 0 radical (unpaired) electrons. The first kappa shape index (κ1) is 14.2. The van der Waals surface area contributed by atoms with E-state index in [0.717, 1.165) is 6.54 Å². The molecule has 6 nitrogen and oxygen atoms in total. The highest BCUT2D eigenvalue weighted by Crippen LogP contribution is 2.18. The summed E-state index contributed by atoms with van der Waals surface area (Å²) in [4.78, 5) is 4.61. The average Bonchev–Trinajstić information content (AvgIpc) is 2.29. The summed E-state index contributed by atoms with van der Waals surface area (Å²) < 4.78 is 31.6. The number of allylic oxidation sites excluding steroid dienone is 1. The van der Waals surface area contributed by atoms with Crippen LogP contribution >= 0.6 is 0 Å². The Kier molecular flexibility index (Phi) is 5.06. The Morgan fingerprint density at radius 3 is 2.00 bits per heavy atom. The summed E-state index contributed by atoms with van der Waals surface area (Å²) in [6.07, 6.45) is 2.76. The third-order valence-corrected chi connectivity index (χ3v) is 2.31. The van der Waals surface area contributed by atoms with Crippen LogP contribution in [0.4, 0.5) is 0 Å². The molecule has 2 N–H and O–H groups in total. The molecule has 1 atom stereocenters. The van der Waals surface area contributed by atoms with Crippen molar-refractivity contribution >= 4 is 10.4 Å². The molecule has 1 heterocycles. The molecule has 0 aliphatic carbocycles. The van der Waals surface area contributed by atoms with Crippen molar-refractivity contribution in [1.82, 2.24) is 9.80 Å². The number of hydrogen-bond donors (Lipinski definition) is 2.